The van der Waals surface area contributed by atoms with Crippen molar-refractivity contribution in [2.24, 2.45) is 0 Å². The molecule has 0 atom stereocenters. The van der Waals surface area contributed by atoms with Gasteiger partial charge in [-0.2, -0.15) is 0 Å². The molecule has 0 N–H and O–H groups in total. The minimum absolute atomic E-state index is 0.0234. The van der Waals surface area contributed by atoms with Crippen LogP contribution in [0.3, 0.4) is 0 Å². The van der Waals surface area contributed by atoms with E-state index in [1.54, 1.807) is 0 Å². The molecule has 0 bridgehead atoms. The van der Waals surface area contributed by atoms with Gasteiger partial charge in [-0.1, -0.05) is 46.2 Å². The predicted molar refractivity (Wildman–Crippen MR) is 68.8 cm³/mol. The number of nitrogens with zero attached hydrogens (tertiary/aromatic N) is 1. The topological polar surface area (TPSA) is 12.9 Å². The van der Waals surface area contributed by atoms with E-state index >= 15 is 0 Å². The van der Waals surface area contributed by atoms with E-state index in [9.17, 15) is 0 Å². The van der Waals surface area contributed by atoms with Gasteiger partial charge in [-0.15, -0.1) is 0 Å². The molecule has 1 rings (SSSR count). The van der Waals surface area contributed by atoms with Crippen LogP contribution in [0.2, 0.25) is 5.02 Å². The highest BCUT2D eigenvalue weighted by Gasteiger charge is 2.20. The molecular weight excluding hydrogens is 206 g/mol. The Morgan fingerprint density at radius 3 is 2.00 bits per heavy atom. The smallest absolute Gasteiger partial charge is 0.0658 e. The Morgan fingerprint density at radius 1 is 1.13 bits per heavy atom. The molecule has 0 aliphatic carbocycles. The Bertz CT molecular complexity index is 324. The lowest BCUT2D eigenvalue weighted by atomic mass is 9.90. The third kappa shape index (κ3) is 3.49. The van der Waals surface area contributed by atoms with Crippen molar-refractivity contribution in [1.29, 1.82) is 0 Å². The van der Waals surface area contributed by atoms with Crippen LogP contribution < -0.4 is 0 Å². The van der Waals surface area contributed by atoms with Crippen LogP contribution in [0.4, 0.5) is 0 Å². The average molecular weight is 228 g/mol. The van der Waals surface area contributed by atoms with E-state index in [-0.39, 0.29) is 5.41 Å². The van der Waals surface area contributed by atoms with Crippen molar-refractivity contribution in [2.45, 2.75) is 53.9 Å². The first-order valence-corrected chi connectivity index (χ1v) is 5.84. The highest BCUT2D eigenvalue weighted by Crippen LogP contribution is 2.30. The monoisotopic (exact) mass is 227 g/mol. The Hall–Kier alpha value is -0.560. The molecule has 0 fully saturated rings. The molecule has 2 heteroatoms. The summed E-state index contributed by atoms with van der Waals surface area (Å²) in [5.41, 5.74) is 3.30. The summed E-state index contributed by atoms with van der Waals surface area (Å²) in [6, 6.07) is 0. The predicted octanol–water partition coefficient (Wildman–Crippen LogP) is 4.68. The van der Waals surface area contributed by atoms with Crippen LogP contribution in [-0.2, 0) is 5.41 Å². The minimum atomic E-state index is 0.0234. The second kappa shape index (κ2) is 5.50. The number of hydrogen-bond acceptors (Lipinski definition) is 1. The van der Waals surface area contributed by atoms with Gasteiger partial charge in [0.15, 0.2) is 0 Å². The zero-order valence-electron chi connectivity index (χ0n) is 10.9. The van der Waals surface area contributed by atoms with Crippen LogP contribution in [0.25, 0.3) is 0 Å². The van der Waals surface area contributed by atoms with Gasteiger partial charge < -0.3 is 0 Å². The first kappa shape index (κ1) is 14.4. The lowest BCUT2D eigenvalue weighted by molar-refractivity contribution is 0.568. The van der Waals surface area contributed by atoms with E-state index in [0.717, 1.165) is 21.8 Å². The molecule has 1 aromatic rings. The van der Waals surface area contributed by atoms with Gasteiger partial charge in [0.05, 0.1) is 10.7 Å². The van der Waals surface area contributed by atoms with Crippen molar-refractivity contribution in [3.63, 3.8) is 0 Å². The van der Waals surface area contributed by atoms with E-state index in [1.807, 2.05) is 33.9 Å². The Labute approximate surface area is 98.9 Å². The van der Waals surface area contributed by atoms with Crippen LogP contribution in [-0.4, -0.2) is 4.98 Å². The standard InChI is InChI=1S/C11H16ClN.C2H6/c1-7-6-13-10(11(3,4)5)9(12)8(7)2;1-2/h6H,1-5H3;1-2H3. The second-order valence-electron chi connectivity index (χ2n) is 4.48. The van der Waals surface area contributed by atoms with Gasteiger partial charge in [-0.3, -0.25) is 4.98 Å². The summed E-state index contributed by atoms with van der Waals surface area (Å²) in [6.45, 7) is 14.4. The van der Waals surface area contributed by atoms with E-state index < -0.39 is 0 Å². The second-order valence-corrected chi connectivity index (χ2v) is 4.86. The van der Waals surface area contributed by atoms with Crippen molar-refractivity contribution >= 4 is 11.6 Å². The average Bonchev–Trinajstić information content (AvgIpc) is 2.15. The Morgan fingerprint density at radius 2 is 1.60 bits per heavy atom. The molecule has 0 saturated carbocycles. The number of rotatable bonds is 0. The van der Waals surface area contributed by atoms with Crippen LogP contribution in [0.1, 0.15) is 51.4 Å². The maximum absolute atomic E-state index is 6.22. The highest BCUT2D eigenvalue weighted by atomic mass is 35.5. The van der Waals surface area contributed by atoms with Gasteiger partial charge in [0.25, 0.3) is 0 Å². The van der Waals surface area contributed by atoms with Gasteiger partial charge in [0.2, 0.25) is 0 Å². The van der Waals surface area contributed by atoms with Gasteiger partial charge in [-0.05, 0) is 25.0 Å². The van der Waals surface area contributed by atoms with Crippen molar-refractivity contribution in [2.75, 3.05) is 0 Å². The van der Waals surface area contributed by atoms with Crippen LogP contribution in [0.15, 0.2) is 6.20 Å². The van der Waals surface area contributed by atoms with E-state index in [4.69, 9.17) is 11.6 Å². The fraction of sp³-hybridized carbons (Fsp3) is 0.615. The minimum Gasteiger partial charge on any atom is -0.259 e. The van der Waals surface area contributed by atoms with Gasteiger partial charge in [0, 0.05) is 11.6 Å². The molecule has 0 unspecified atom stereocenters. The highest BCUT2D eigenvalue weighted by molar-refractivity contribution is 6.32. The quantitative estimate of drug-likeness (QED) is 0.628. The normalized spacial score (nSPS) is 10.7. The Balaban J connectivity index is 0.000000921. The van der Waals surface area contributed by atoms with Crippen LogP contribution in [0.5, 0.6) is 0 Å². The summed E-state index contributed by atoms with van der Waals surface area (Å²) < 4.78 is 0. The number of pyridine rings is 1. The SMILES string of the molecule is CC.Cc1cnc(C(C)(C)C)c(Cl)c1C. The zero-order chi connectivity index (χ0) is 12.2. The fourth-order valence-corrected chi connectivity index (χ4v) is 1.67. The van der Waals surface area contributed by atoms with E-state index in [1.165, 1.54) is 0 Å². The molecule has 0 radical (unpaired) electrons. The summed E-state index contributed by atoms with van der Waals surface area (Å²) in [5.74, 6) is 0. The number of aryl methyl sites for hydroxylation is 1. The third-order valence-corrected chi connectivity index (χ3v) is 2.69. The third-order valence-electron chi connectivity index (χ3n) is 2.23. The Kier molecular flexibility index (Phi) is 5.30. The van der Waals surface area contributed by atoms with E-state index in [2.05, 4.69) is 25.8 Å². The molecule has 0 spiro atoms. The lowest BCUT2D eigenvalue weighted by Gasteiger charge is -2.20. The first-order chi connectivity index (χ1) is 6.84. The molecule has 0 aliphatic rings. The van der Waals surface area contributed by atoms with Crippen molar-refractivity contribution in [3.05, 3.63) is 28.0 Å². The molecule has 0 amide bonds. The summed E-state index contributed by atoms with van der Waals surface area (Å²) in [7, 11) is 0. The summed E-state index contributed by atoms with van der Waals surface area (Å²) >= 11 is 6.22. The maximum Gasteiger partial charge on any atom is 0.0658 e. The van der Waals surface area contributed by atoms with E-state index in [0.29, 0.717) is 0 Å². The maximum atomic E-state index is 6.22. The lowest BCUT2D eigenvalue weighted by Crippen LogP contribution is -2.15. The van der Waals surface area contributed by atoms with Crippen LogP contribution >= 0.6 is 11.6 Å². The van der Waals surface area contributed by atoms with Crippen LogP contribution in [0, 0.1) is 13.8 Å². The largest absolute Gasteiger partial charge is 0.259 e. The molecule has 0 aliphatic heterocycles. The zero-order valence-corrected chi connectivity index (χ0v) is 11.7. The fourth-order valence-electron chi connectivity index (χ4n) is 1.19. The van der Waals surface area contributed by atoms with Gasteiger partial charge in [-0.25, -0.2) is 0 Å². The molecular formula is C13H22ClN. The molecule has 1 aromatic heterocycles. The molecule has 1 heterocycles. The summed E-state index contributed by atoms with van der Waals surface area (Å²) in [4.78, 5) is 4.38. The molecule has 86 valence electrons. The number of halogens is 1. The summed E-state index contributed by atoms with van der Waals surface area (Å²) in [6.07, 6.45) is 1.89. The van der Waals surface area contributed by atoms with Gasteiger partial charge >= 0.3 is 0 Å². The van der Waals surface area contributed by atoms with Crippen molar-refractivity contribution < 1.29 is 0 Å². The summed E-state index contributed by atoms with van der Waals surface area (Å²) in [5, 5.41) is 0.813. The number of aromatic nitrogens is 1. The van der Waals surface area contributed by atoms with Crippen molar-refractivity contribution in [3.8, 4) is 0 Å². The first-order valence-electron chi connectivity index (χ1n) is 5.46. The molecule has 0 aromatic carbocycles. The van der Waals surface area contributed by atoms with Crippen molar-refractivity contribution in [1.82, 2.24) is 4.98 Å². The molecule has 15 heavy (non-hydrogen) atoms. The molecule has 1 nitrogen and oxygen atoms in total. The molecule has 0 saturated heterocycles. The number of hydrogen-bond donors (Lipinski definition) is 0. The van der Waals surface area contributed by atoms with Gasteiger partial charge in [0.1, 0.15) is 0 Å².